The van der Waals surface area contributed by atoms with Crippen LogP contribution in [-0.2, 0) is 16.1 Å². The van der Waals surface area contributed by atoms with Crippen molar-refractivity contribution in [2.75, 3.05) is 13.1 Å². The molecule has 0 aromatic carbocycles. The number of hydrogen-bond donors (Lipinski definition) is 1. The highest BCUT2D eigenvalue weighted by molar-refractivity contribution is 5.77. The maximum Gasteiger partial charge on any atom is 0.308 e. The molecule has 20 heavy (non-hydrogen) atoms. The van der Waals surface area contributed by atoms with Crippen LogP contribution in [0.4, 0.5) is 5.69 Å². The highest BCUT2D eigenvalue weighted by atomic mass is 16.6. The van der Waals surface area contributed by atoms with Gasteiger partial charge in [-0.25, -0.2) is 0 Å². The van der Waals surface area contributed by atoms with Gasteiger partial charge in [-0.15, -0.1) is 0 Å². The van der Waals surface area contributed by atoms with Gasteiger partial charge >= 0.3 is 11.7 Å². The molecule has 2 heterocycles. The molecule has 9 heteroatoms. The average molecular weight is 282 g/mol. The Morgan fingerprint density at radius 3 is 2.90 bits per heavy atom. The summed E-state index contributed by atoms with van der Waals surface area (Å²) < 4.78 is 1.19. The smallest absolute Gasteiger partial charge is 0.308 e. The van der Waals surface area contributed by atoms with Gasteiger partial charge in [-0.05, 0) is 12.8 Å². The zero-order valence-electron chi connectivity index (χ0n) is 10.6. The first-order valence-corrected chi connectivity index (χ1v) is 6.15. The van der Waals surface area contributed by atoms with E-state index in [2.05, 4.69) is 5.10 Å². The molecular weight excluding hydrogens is 268 g/mol. The molecule has 1 aromatic heterocycles. The van der Waals surface area contributed by atoms with Gasteiger partial charge in [0.25, 0.3) is 0 Å². The number of carbonyl (C=O) groups excluding carboxylic acids is 1. The number of hydrogen-bond acceptors (Lipinski definition) is 5. The number of rotatable bonds is 4. The number of carboxylic acids is 1. The minimum atomic E-state index is -0.905. The third-order valence-corrected chi connectivity index (χ3v) is 3.25. The second-order valence-corrected chi connectivity index (χ2v) is 4.67. The Balaban J connectivity index is 1.96. The summed E-state index contributed by atoms with van der Waals surface area (Å²) in [7, 11) is 0. The van der Waals surface area contributed by atoms with E-state index in [4.69, 9.17) is 5.11 Å². The van der Waals surface area contributed by atoms with E-state index >= 15 is 0 Å². The first kappa shape index (κ1) is 14.0. The summed E-state index contributed by atoms with van der Waals surface area (Å²) in [6.45, 7) is 0.559. The Bertz CT molecular complexity index is 541. The average Bonchev–Trinajstić information content (AvgIpc) is 2.87. The van der Waals surface area contributed by atoms with Crippen molar-refractivity contribution in [1.82, 2.24) is 14.7 Å². The fourth-order valence-electron chi connectivity index (χ4n) is 2.18. The molecule has 1 atom stereocenters. The zero-order chi connectivity index (χ0) is 14.7. The van der Waals surface area contributed by atoms with Gasteiger partial charge in [0.2, 0.25) is 5.91 Å². The number of piperidine rings is 1. The largest absolute Gasteiger partial charge is 0.481 e. The lowest BCUT2D eigenvalue weighted by Gasteiger charge is -2.30. The predicted octanol–water partition coefficient (Wildman–Crippen LogP) is 0.114. The van der Waals surface area contributed by atoms with Crippen molar-refractivity contribution in [2.45, 2.75) is 19.4 Å². The zero-order valence-corrected chi connectivity index (χ0v) is 10.6. The molecule has 0 spiro atoms. The van der Waals surface area contributed by atoms with E-state index in [9.17, 15) is 19.7 Å². The number of carbonyl (C=O) groups is 2. The van der Waals surface area contributed by atoms with Crippen LogP contribution >= 0.6 is 0 Å². The standard InChI is InChI=1S/C11H14N4O5/c16-10(7-14-6-9(4-12-14)15(19)20)13-3-1-2-8(5-13)11(17)18/h4,6,8H,1-3,5,7H2,(H,17,18). The normalized spacial score (nSPS) is 18.8. The number of aliphatic carboxylic acids is 1. The topological polar surface area (TPSA) is 119 Å². The first-order valence-electron chi connectivity index (χ1n) is 6.15. The molecular formula is C11H14N4O5. The van der Waals surface area contributed by atoms with E-state index in [1.54, 1.807) is 0 Å². The Kier molecular flexibility index (Phi) is 3.97. The van der Waals surface area contributed by atoms with Crippen LogP contribution in [0, 0.1) is 16.0 Å². The number of carboxylic acid groups (broad SMARTS) is 1. The third kappa shape index (κ3) is 3.11. The summed E-state index contributed by atoms with van der Waals surface area (Å²) in [6.07, 6.45) is 3.45. The second kappa shape index (κ2) is 5.68. The quantitative estimate of drug-likeness (QED) is 0.618. The van der Waals surface area contributed by atoms with E-state index in [-0.39, 0.29) is 24.7 Å². The summed E-state index contributed by atoms with van der Waals surface area (Å²) in [5.74, 6) is -1.73. The summed E-state index contributed by atoms with van der Waals surface area (Å²) in [5.41, 5.74) is -0.181. The Morgan fingerprint density at radius 1 is 1.55 bits per heavy atom. The van der Waals surface area contributed by atoms with Crippen molar-refractivity contribution in [1.29, 1.82) is 0 Å². The van der Waals surface area contributed by atoms with E-state index in [1.165, 1.54) is 15.8 Å². The molecule has 0 aliphatic carbocycles. The maximum atomic E-state index is 12.0. The van der Waals surface area contributed by atoms with Crippen molar-refractivity contribution in [2.24, 2.45) is 5.92 Å². The molecule has 1 fully saturated rings. The van der Waals surface area contributed by atoms with Gasteiger partial charge in [-0.3, -0.25) is 24.4 Å². The van der Waals surface area contributed by atoms with Gasteiger partial charge in [0.05, 0.1) is 10.8 Å². The SMILES string of the molecule is O=C(O)C1CCCN(C(=O)Cn2cc([N+](=O)[O-])cn2)C1. The third-order valence-electron chi connectivity index (χ3n) is 3.25. The molecule has 1 aliphatic heterocycles. The number of aromatic nitrogens is 2. The van der Waals surface area contributed by atoms with Crippen LogP contribution in [0.5, 0.6) is 0 Å². The van der Waals surface area contributed by atoms with Gasteiger partial charge in [0.15, 0.2) is 0 Å². The highest BCUT2D eigenvalue weighted by Crippen LogP contribution is 2.17. The number of amides is 1. The molecule has 0 radical (unpaired) electrons. The molecule has 1 aliphatic rings. The fourth-order valence-corrected chi connectivity index (χ4v) is 2.18. The maximum absolute atomic E-state index is 12.0. The molecule has 0 saturated carbocycles. The molecule has 0 bridgehead atoms. The molecule has 1 amide bonds. The lowest BCUT2D eigenvalue weighted by atomic mass is 9.98. The van der Waals surface area contributed by atoms with E-state index in [1.807, 2.05) is 0 Å². The van der Waals surface area contributed by atoms with Gasteiger partial charge in [-0.1, -0.05) is 0 Å². The number of nitrogens with zero attached hydrogens (tertiary/aromatic N) is 4. The summed E-state index contributed by atoms with van der Waals surface area (Å²) in [4.78, 5) is 34.3. The summed E-state index contributed by atoms with van der Waals surface area (Å²) in [5, 5.41) is 23.2. The summed E-state index contributed by atoms with van der Waals surface area (Å²) in [6, 6.07) is 0. The van der Waals surface area contributed by atoms with Crippen molar-refractivity contribution in [3.63, 3.8) is 0 Å². The van der Waals surface area contributed by atoms with Crippen LogP contribution in [-0.4, -0.2) is 49.7 Å². The predicted molar refractivity (Wildman–Crippen MR) is 65.8 cm³/mol. The highest BCUT2D eigenvalue weighted by Gasteiger charge is 2.28. The van der Waals surface area contributed by atoms with E-state index in [0.717, 1.165) is 6.20 Å². The van der Waals surface area contributed by atoms with Crippen LogP contribution < -0.4 is 0 Å². The van der Waals surface area contributed by atoms with Crippen LogP contribution in [0.25, 0.3) is 0 Å². The Labute approximate surface area is 113 Å². The van der Waals surface area contributed by atoms with Crippen LogP contribution in [0.2, 0.25) is 0 Å². The summed E-state index contributed by atoms with van der Waals surface area (Å²) >= 11 is 0. The van der Waals surface area contributed by atoms with Gasteiger partial charge in [-0.2, -0.15) is 5.10 Å². The number of nitro groups is 1. The Hall–Kier alpha value is -2.45. The molecule has 108 valence electrons. The monoisotopic (exact) mass is 282 g/mol. The molecule has 1 saturated heterocycles. The number of likely N-dealkylation sites (tertiary alicyclic amines) is 1. The molecule has 1 unspecified atom stereocenters. The van der Waals surface area contributed by atoms with Crippen molar-refractivity contribution >= 4 is 17.6 Å². The van der Waals surface area contributed by atoms with Crippen molar-refractivity contribution < 1.29 is 19.6 Å². The minimum Gasteiger partial charge on any atom is -0.481 e. The molecule has 2 rings (SSSR count). The van der Waals surface area contributed by atoms with Crippen LogP contribution in [0.3, 0.4) is 0 Å². The Morgan fingerprint density at radius 2 is 2.30 bits per heavy atom. The van der Waals surface area contributed by atoms with E-state index in [0.29, 0.717) is 19.4 Å². The minimum absolute atomic E-state index is 0.125. The van der Waals surface area contributed by atoms with Crippen LogP contribution in [0.15, 0.2) is 12.4 Å². The van der Waals surface area contributed by atoms with Crippen molar-refractivity contribution in [3.05, 3.63) is 22.5 Å². The van der Waals surface area contributed by atoms with Gasteiger partial charge in [0.1, 0.15) is 18.9 Å². The second-order valence-electron chi connectivity index (χ2n) is 4.67. The first-order chi connectivity index (χ1) is 9.47. The van der Waals surface area contributed by atoms with Crippen LogP contribution in [0.1, 0.15) is 12.8 Å². The van der Waals surface area contributed by atoms with Gasteiger partial charge < -0.3 is 10.0 Å². The fraction of sp³-hybridized carbons (Fsp3) is 0.545. The molecule has 1 aromatic rings. The lowest BCUT2D eigenvalue weighted by Crippen LogP contribution is -2.43. The van der Waals surface area contributed by atoms with Gasteiger partial charge in [0, 0.05) is 13.1 Å². The van der Waals surface area contributed by atoms with Crippen molar-refractivity contribution in [3.8, 4) is 0 Å². The lowest BCUT2D eigenvalue weighted by molar-refractivity contribution is -0.385. The molecule has 9 nitrogen and oxygen atoms in total. The molecule has 1 N–H and O–H groups in total. The van der Waals surface area contributed by atoms with E-state index < -0.39 is 16.8 Å².